The van der Waals surface area contributed by atoms with Crippen molar-refractivity contribution in [2.45, 2.75) is 125 Å². The van der Waals surface area contributed by atoms with Crippen LogP contribution < -0.4 is 10.6 Å². The first-order valence-corrected chi connectivity index (χ1v) is 15.1. The highest BCUT2D eigenvalue weighted by atomic mass is 16.8. The van der Waals surface area contributed by atoms with E-state index < -0.39 is 148 Å². The molecule has 22 nitrogen and oxygen atoms in total. The number of aliphatic hydroxyl groups is 9. The second-order valence-electron chi connectivity index (χ2n) is 11.9. The van der Waals surface area contributed by atoms with Crippen LogP contribution in [0, 0.1) is 0 Å². The Balaban J connectivity index is 1.84. The molecule has 0 saturated carbocycles. The van der Waals surface area contributed by atoms with Crippen molar-refractivity contribution >= 4 is 23.8 Å². The maximum Gasteiger partial charge on any atom is 0.364 e. The normalized spacial score (nSPS) is 40.9. The lowest BCUT2D eigenvalue weighted by Crippen LogP contribution is -2.69. The highest BCUT2D eigenvalue weighted by Crippen LogP contribution is 2.35. The van der Waals surface area contributed by atoms with Crippen LogP contribution in [0.25, 0.3) is 0 Å². The molecule has 0 aliphatic carbocycles. The summed E-state index contributed by atoms with van der Waals surface area (Å²) in [6.07, 6.45) is -25.1. The number of nitrogens with one attached hydrogen (secondary N) is 2. The summed E-state index contributed by atoms with van der Waals surface area (Å²) in [5.41, 5.74) is 0. The summed E-state index contributed by atoms with van der Waals surface area (Å²) in [5.74, 6) is -7.03. The highest BCUT2D eigenvalue weighted by molar-refractivity contribution is 5.76. The van der Waals surface area contributed by atoms with E-state index in [1.807, 2.05) is 0 Å². The van der Waals surface area contributed by atoms with Crippen LogP contribution in [0.15, 0.2) is 0 Å². The largest absolute Gasteiger partial charge is 0.477 e. The number of carbonyl (C=O) groups is 4. The average Bonchev–Trinajstić information content (AvgIpc) is 3.02. The van der Waals surface area contributed by atoms with Gasteiger partial charge in [-0.1, -0.05) is 0 Å². The quantitative estimate of drug-likeness (QED) is 0.0787. The number of rotatable bonds is 13. The predicted molar refractivity (Wildman–Crippen MR) is 151 cm³/mol. The van der Waals surface area contributed by atoms with Crippen molar-refractivity contribution in [1.82, 2.24) is 10.6 Å². The first-order valence-electron chi connectivity index (χ1n) is 15.1. The van der Waals surface area contributed by atoms with Crippen molar-refractivity contribution in [2.75, 3.05) is 19.8 Å². The summed E-state index contributed by atoms with van der Waals surface area (Å²) in [6, 6.07) is -3.01. The molecule has 49 heavy (non-hydrogen) atoms. The number of hydrogen-bond donors (Lipinski definition) is 12. The summed E-state index contributed by atoms with van der Waals surface area (Å²) in [7, 11) is 0. The van der Waals surface area contributed by atoms with Crippen LogP contribution in [-0.2, 0) is 47.6 Å². The van der Waals surface area contributed by atoms with Crippen molar-refractivity contribution in [3.63, 3.8) is 0 Å². The van der Waals surface area contributed by atoms with Crippen LogP contribution in [-0.4, -0.2) is 192 Å². The number of ether oxygens (including phenoxy) is 6. The summed E-state index contributed by atoms with van der Waals surface area (Å²) >= 11 is 0. The molecule has 282 valence electrons. The van der Waals surface area contributed by atoms with E-state index in [1.165, 1.54) is 0 Å². The smallest absolute Gasteiger partial charge is 0.364 e. The number of aliphatic hydroxyl groups excluding tert-OH is 9. The molecule has 0 unspecified atom stereocenters. The summed E-state index contributed by atoms with van der Waals surface area (Å²) < 4.78 is 32.0. The molecule has 16 atom stereocenters. The molecule has 3 aliphatic heterocycles. The summed E-state index contributed by atoms with van der Waals surface area (Å²) in [6.45, 7) is 0.510. The predicted octanol–water partition coefficient (Wildman–Crippen LogP) is -7.51. The zero-order valence-electron chi connectivity index (χ0n) is 26.5. The molecule has 3 rings (SSSR count). The molecule has 0 aromatic heterocycles. The Morgan fingerprint density at radius 1 is 0.857 bits per heavy atom. The van der Waals surface area contributed by atoms with Crippen LogP contribution >= 0.6 is 0 Å². The molecule has 2 amide bonds. The number of esters is 1. The molecule has 3 fully saturated rings. The van der Waals surface area contributed by atoms with E-state index >= 15 is 0 Å². The highest BCUT2D eigenvalue weighted by Gasteiger charge is 2.57. The number of carboxylic acids is 1. The maximum atomic E-state index is 12.5. The SMILES string of the molecule is CC(=O)N[C@@H]1[C@@H](O)[C@H](O[C@@H]2O[C@H](CO[C@]3(C(=O)O)C[C@H](O)[C@@H](NC(C)=O)[C@H]([C@H](O)[C@H](O)COC(C)=O)O3)[C@H](O)[C@H](O)[C@H]2O)[C@@H](CO)O[C@H]1O. The van der Waals surface area contributed by atoms with E-state index in [-0.39, 0.29) is 0 Å². The lowest BCUT2D eigenvalue weighted by molar-refractivity contribution is -0.358. The third kappa shape index (κ3) is 9.56. The van der Waals surface area contributed by atoms with Gasteiger partial charge in [-0.25, -0.2) is 4.79 Å². The second kappa shape index (κ2) is 17.0. The van der Waals surface area contributed by atoms with Crippen LogP contribution in [0.5, 0.6) is 0 Å². The minimum atomic E-state index is -2.88. The fourth-order valence-electron chi connectivity index (χ4n) is 5.65. The topological polar surface area (TPSA) is 350 Å². The molecule has 3 aliphatic rings. The van der Waals surface area contributed by atoms with Gasteiger partial charge < -0.3 is 90.1 Å². The van der Waals surface area contributed by atoms with Gasteiger partial charge in [0.15, 0.2) is 12.6 Å². The van der Waals surface area contributed by atoms with E-state index in [0.717, 1.165) is 20.8 Å². The van der Waals surface area contributed by atoms with Gasteiger partial charge in [-0.15, -0.1) is 0 Å². The molecule has 3 saturated heterocycles. The molecule has 3 heterocycles. The Morgan fingerprint density at radius 2 is 1.47 bits per heavy atom. The fourth-order valence-corrected chi connectivity index (χ4v) is 5.65. The van der Waals surface area contributed by atoms with Gasteiger partial charge in [-0.05, 0) is 0 Å². The second-order valence-corrected chi connectivity index (χ2v) is 11.9. The van der Waals surface area contributed by atoms with Crippen molar-refractivity contribution < 1.29 is 98.7 Å². The van der Waals surface area contributed by atoms with Gasteiger partial charge in [0.05, 0.1) is 25.4 Å². The van der Waals surface area contributed by atoms with Crippen molar-refractivity contribution in [3.05, 3.63) is 0 Å². The van der Waals surface area contributed by atoms with Crippen LogP contribution in [0.2, 0.25) is 0 Å². The molecule has 0 bridgehead atoms. The minimum Gasteiger partial charge on any atom is -0.477 e. The third-order valence-corrected chi connectivity index (χ3v) is 8.14. The standard InChI is InChI=1S/C27H44N2O20/c1-8(31)28-15-11(34)4-27(26(42)43,49-23(15)17(36)12(35)6-44-10(3)33)45-7-14-18(37)20(39)21(40)25(47-14)48-22-13(5-30)46-24(41)16(19(22)38)29-9(2)32/h11-25,30,34-41H,4-7H2,1-3H3,(H,28,31)(H,29,32)(H,42,43)/t11-,12+,13+,14+,15+,16+,17+,18-,19+,20-,21+,22+,23+,24+,25-,27+/m0/s1. The summed E-state index contributed by atoms with van der Waals surface area (Å²) in [5, 5.41) is 109. The molecular formula is C27H44N2O20. The average molecular weight is 717 g/mol. The van der Waals surface area contributed by atoms with Gasteiger partial charge in [0.25, 0.3) is 5.79 Å². The van der Waals surface area contributed by atoms with Gasteiger partial charge in [0, 0.05) is 27.2 Å². The molecular weight excluding hydrogens is 672 g/mol. The van der Waals surface area contributed by atoms with E-state index in [2.05, 4.69) is 15.4 Å². The lowest BCUT2D eigenvalue weighted by Gasteiger charge is -2.48. The van der Waals surface area contributed by atoms with Crippen molar-refractivity contribution in [3.8, 4) is 0 Å². The van der Waals surface area contributed by atoms with Gasteiger partial charge >= 0.3 is 11.9 Å². The van der Waals surface area contributed by atoms with Gasteiger partial charge in [0.2, 0.25) is 11.8 Å². The number of amides is 2. The zero-order valence-corrected chi connectivity index (χ0v) is 26.5. The van der Waals surface area contributed by atoms with Crippen molar-refractivity contribution in [2.24, 2.45) is 0 Å². The molecule has 0 aromatic carbocycles. The third-order valence-electron chi connectivity index (χ3n) is 8.14. The Bertz CT molecular complexity index is 1160. The first kappa shape index (κ1) is 40.7. The van der Waals surface area contributed by atoms with Crippen LogP contribution in [0.3, 0.4) is 0 Å². The van der Waals surface area contributed by atoms with E-state index in [1.54, 1.807) is 0 Å². The first-order chi connectivity index (χ1) is 22.8. The Labute approximate surface area is 278 Å². The number of aliphatic carboxylic acids is 1. The monoisotopic (exact) mass is 716 g/mol. The lowest BCUT2D eigenvalue weighted by atomic mass is 9.88. The number of carboxylic acid groups (broad SMARTS) is 1. The van der Waals surface area contributed by atoms with E-state index in [4.69, 9.17) is 23.7 Å². The fraction of sp³-hybridized carbons (Fsp3) is 0.852. The Morgan fingerprint density at radius 3 is 2.02 bits per heavy atom. The zero-order chi connectivity index (χ0) is 37.0. The van der Waals surface area contributed by atoms with Crippen molar-refractivity contribution in [1.29, 1.82) is 0 Å². The minimum absolute atomic E-state index is 0.683. The molecule has 0 aromatic rings. The number of carbonyl (C=O) groups excluding carboxylic acids is 3. The molecule has 12 N–H and O–H groups in total. The van der Waals surface area contributed by atoms with Gasteiger partial charge in [-0.3, -0.25) is 14.4 Å². The number of hydrogen-bond acceptors (Lipinski definition) is 19. The molecule has 22 heteroatoms. The Kier molecular flexibility index (Phi) is 14.2. The van der Waals surface area contributed by atoms with Gasteiger partial charge in [-0.2, -0.15) is 0 Å². The van der Waals surface area contributed by atoms with E-state index in [9.17, 15) is 70.2 Å². The Hall–Kier alpha value is -2.68. The van der Waals surface area contributed by atoms with Crippen LogP contribution in [0.1, 0.15) is 27.2 Å². The maximum absolute atomic E-state index is 12.5. The molecule has 0 spiro atoms. The summed E-state index contributed by atoms with van der Waals surface area (Å²) in [4.78, 5) is 47.2. The van der Waals surface area contributed by atoms with E-state index in [0.29, 0.717) is 0 Å². The van der Waals surface area contributed by atoms with Gasteiger partial charge in [0.1, 0.15) is 73.7 Å². The van der Waals surface area contributed by atoms with Crippen LogP contribution in [0.4, 0.5) is 0 Å². The molecule has 0 radical (unpaired) electrons.